The van der Waals surface area contributed by atoms with Crippen LogP contribution in [0.5, 0.6) is 5.75 Å². The zero-order valence-electron chi connectivity index (χ0n) is 12.9. The predicted molar refractivity (Wildman–Crippen MR) is 88.3 cm³/mol. The Morgan fingerprint density at radius 2 is 1.67 bits per heavy atom. The Morgan fingerprint density at radius 1 is 0.958 bits per heavy atom. The minimum atomic E-state index is -1.28. The van der Waals surface area contributed by atoms with Gasteiger partial charge in [-0.1, -0.05) is 30.3 Å². The van der Waals surface area contributed by atoms with Gasteiger partial charge in [0.25, 0.3) is 0 Å². The highest BCUT2D eigenvalue weighted by atomic mass is 16.4. The average molecular weight is 327 g/mol. The molecule has 2 aromatic carbocycles. The Morgan fingerprint density at radius 3 is 2.33 bits per heavy atom. The molecule has 0 saturated carbocycles. The maximum atomic E-state index is 11.9. The summed E-state index contributed by atoms with van der Waals surface area (Å²) in [6.07, 6.45) is 0.790. The number of hydrogen-bond donors (Lipinski definition) is 3. The second-order valence-electron chi connectivity index (χ2n) is 5.23. The van der Waals surface area contributed by atoms with Crippen LogP contribution in [-0.2, 0) is 4.79 Å². The highest BCUT2D eigenvalue weighted by Gasteiger charge is 2.12. The predicted octanol–water partition coefficient (Wildman–Crippen LogP) is 3.08. The van der Waals surface area contributed by atoms with Gasteiger partial charge in [0.15, 0.2) is 5.78 Å². The molecule has 0 heterocycles. The van der Waals surface area contributed by atoms with E-state index in [1.54, 1.807) is 24.3 Å². The number of carboxylic acids is 1. The van der Waals surface area contributed by atoms with Crippen molar-refractivity contribution in [2.45, 2.75) is 19.3 Å². The number of nitrogens with one attached hydrogen (secondary N) is 1. The molecule has 0 fully saturated rings. The van der Waals surface area contributed by atoms with Gasteiger partial charge in [-0.05, 0) is 24.6 Å². The second-order valence-corrected chi connectivity index (χ2v) is 5.23. The normalized spacial score (nSPS) is 10.2. The molecule has 0 saturated heterocycles. The van der Waals surface area contributed by atoms with Gasteiger partial charge in [-0.15, -0.1) is 0 Å². The van der Waals surface area contributed by atoms with Gasteiger partial charge in [-0.2, -0.15) is 0 Å². The summed E-state index contributed by atoms with van der Waals surface area (Å²) in [6.45, 7) is 0. The average Bonchev–Trinajstić information content (AvgIpc) is 2.57. The molecule has 0 unspecified atom stereocenters. The fraction of sp³-hybridized carbons (Fsp3) is 0.167. The van der Waals surface area contributed by atoms with Crippen molar-refractivity contribution in [2.24, 2.45) is 0 Å². The molecular formula is C18H17NO5. The lowest BCUT2D eigenvalue weighted by Gasteiger charge is -2.07. The summed E-state index contributed by atoms with van der Waals surface area (Å²) in [7, 11) is 0. The van der Waals surface area contributed by atoms with Crippen LogP contribution in [0.25, 0.3) is 0 Å². The Bertz CT molecular complexity index is 755. The third-order valence-electron chi connectivity index (χ3n) is 3.41. The molecule has 0 spiro atoms. The first-order chi connectivity index (χ1) is 11.5. The van der Waals surface area contributed by atoms with Gasteiger partial charge in [-0.3, -0.25) is 9.59 Å². The molecule has 24 heavy (non-hydrogen) atoms. The summed E-state index contributed by atoms with van der Waals surface area (Å²) in [5, 5.41) is 20.9. The van der Waals surface area contributed by atoms with E-state index in [9.17, 15) is 19.5 Å². The van der Waals surface area contributed by atoms with Crippen LogP contribution in [0, 0.1) is 0 Å². The van der Waals surface area contributed by atoms with E-state index in [-0.39, 0.29) is 41.5 Å². The number of ketones is 1. The maximum Gasteiger partial charge on any atom is 0.339 e. The van der Waals surface area contributed by atoms with E-state index < -0.39 is 5.97 Å². The monoisotopic (exact) mass is 327 g/mol. The number of hydrogen-bond acceptors (Lipinski definition) is 4. The van der Waals surface area contributed by atoms with E-state index in [1.807, 2.05) is 6.07 Å². The Hall–Kier alpha value is -3.15. The zero-order chi connectivity index (χ0) is 17.5. The quantitative estimate of drug-likeness (QED) is 0.535. The van der Waals surface area contributed by atoms with Crippen LogP contribution in [0.4, 0.5) is 5.69 Å². The number of phenols is 1. The molecule has 0 atom stereocenters. The van der Waals surface area contributed by atoms with Crippen molar-refractivity contribution in [1.29, 1.82) is 0 Å². The Balaban J connectivity index is 1.85. The van der Waals surface area contributed by atoms with E-state index in [4.69, 9.17) is 5.11 Å². The Labute approximate surface area is 138 Å². The molecule has 2 aromatic rings. The molecule has 0 aromatic heterocycles. The molecule has 1 amide bonds. The summed E-state index contributed by atoms with van der Waals surface area (Å²) in [6, 6.07) is 12.7. The molecule has 124 valence electrons. The third kappa shape index (κ3) is 4.67. The first kappa shape index (κ1) is 17.2. The number of anilines is 1. The smallest absolute Gasteiger partial charge is 0.339 e. The number of aromatic carboxylic acids is 1. The van der Waals surface area contributed by atoms with E-state index in [1.165, 1.54) is 18.2 Å². The summed E-state index contributed by atoms with van der Waals surface area (Å²) in [4.78, 5) is 34.7. The number of rotatable bonds is 7. The molecule has 6 heteroatoms. The van der Waals surface area contributed by atoms with Gasteiger partial charge in [0.2, 0.25) is 5.91 Å². The molecule has 0 bridgehead atoms. The number of carboxylic acid groups (broad SMARTS) is 1. The van der Waals surface area contributed by atoms with Crippen molar-refractivity contribution in [3.8, 4) is 5.75 Å². The summed E-state index contributed by atoms with van der Waals surface area (Å²) in [5.74, 6) is -2.00. The lowest BCUT2D eigenvalue weighted by molar-refractivity contribution is -0.116. The minimum absolute atomic E-state index is 0.0267. The highest BCUT2D eigenvalue weighted by Crippen LogP contribution is 2.21. The largest absolute Gasteiger partial charge is 0.507 e. The first-order valence-electron chi connectivity index (χ1n) is 7.42. The van der Waals surface area contributed by atoms with Gasteiger partial charge >= 0.3 is 5.97 Å². The minimum Gasteiger partial charge on any atom is -0.507 e. The highest BCUT2D eigenvalue weighted by molar-refractivity contribution is 5.97. The van der Waals surface area contributed by atoms with Crippen molar-refractivity contribution < 1.29 is 24.6 Å². The maximum absolute atomic E-state index is 11.9. The number of carbonyl (C=O) groups is 3. The number of carbonyl (C=O) groups excluding carboxylic acids is 2. The van der Waals surface area contributed by atoms with Crippen LogP contribution < -0.4 is 5.32 Å². The molecule has 2 rings (SSSR count). The SMILES string of the molecule is O=C(CCCC(=O)c1ccccc1)Nc1ccc(O)c(C(=O)O)c1. The van der Waals surface area contributed by atoms with E-state index in [2.05, 4.69) is 5.32 Å². The van der Waals surface area contributed by atoms with Crippen LogP contribution in [0.15, 0.2) is 48.5 Å². The number of amides is 1. The standard InChI is InChI=1S/C18H17NO5/c20-15(12-5-2-1-3-6-12)7-4-8-17(22)19-13-9-10-16(21)14(11-13)18(23)24/h1-3,5-6,9-11,21H,4,7-8H2,(H,19,22)(H,23,24). The molecule has 6 nitrogen and oxygen atoms in total. The topological polar surface area (TPSA) is 104 Å². The summed E-state index contributed by atoms with van der Waals surface area (Å²) < 4.78 is 0. The van der Waals surface area contributed by atoms with Crippen molar-refractivity contribution >= 4 is 23.3 Å². The summed E-state index contributed by atoms with van der Waals surface area (Å²) >= 11 is 0. The van der Waals surface area contributed by atoms with Gasteiger partial charge in [0.1, 0.15) is 11.3 Å². The molecular weight excluding hydrogens is 310 g/mol. The van der Waals surface area contributed by atoms with Gasteiger partial charge in [-0.25, -0.2) is 4.79 Å². The third-order valence-corrected chi connectivity index (χ3v) is 3.41. The van der Waals surface area contributed by atoms with Gasteiger partial charge in [0.05, 0.1) is 0 Å². The molecule has 3 N–H and O–H groups in total. The van der Waals surface area contributed by atoms with Crippen molar-refractivity contribution in [3.05, 3.63) is 59.7 Å². The van der Waals surface area contributed by atoms with Gasteiger partial charge in [0, 0.05) is 24.1 Å². The van der Waals surface area contributed by atoms with Crippen LogP contribution in [-0.4, -0.2) is 27.9 Å². The van der Waals surface area contributed by atoms with Crippen LogP contribution >= 0.6 is 0 Å². The van der Waals surface area contributed by atoms with Crippen LogP contribution in [0.3, 0.4) is 0 Å². The molecule has 0 radical (unpaired) electrons. The van der Waals surface area contributed by atoms with E-state index >= 15 is 0 Å². The molecule has 0 aliphatic carbocycles. The van der Waals surface area contributed by atoms with Crippen LogP contribution in [0.2, 0.25) is 0 Å². The Kier molecular flexibility index (Phi) is 5.68. The van der Waals surface area contributed by atoms with Crippen molar-refractivity contribution in [2.75, 3.05) is 5.32 Å². The number of Topliss-reactive ketones (excluding diaryl/α,β-unsaturated/α-hetero) is 1. The fourth-order valence-corrected chi connectivity index (χ4v) is 2.19. The van der Waals surface area contributed by atoms with Crippen molar-refractivity contribution in [3.63, 3.8) is 0 Å². The first-order valence-corrected chi connectivity index (χ1v) is 7.42. The molecule has 0 aliphatic heterocycles. The van der Waals surface area contributed by atoms with E-state index in [0.29, 0.717) is 12.0 Å². The fourth-order valence-electron chi connectivity index (χ4n) is 2.19. The number of benzene rings is 2. The summed E-state index contributed by atoms with van der Waals surface area (Å²) in [5.41, 5.74) is 0.610. The van der Waals surface area contributed by atoms with Crippen LogP contribution in [0.1, 0.15) is 40.0 Å². The van der Waals surface area contributed by atoms with E-state index in [0.717, 1.165) is 0 Å². The lowest BCUT2D eigenvalue weighted by Crippen LogP contribution is -2.12. The van der Waals surface area contributed by atoms with Crippen molar-refractivity contribution in [1.82, 2.24) is 0 Å². The van der Waals surface area contributed by atoms with Gasteiger partial charge < -0.3 is 15.5 Å². The molecule has 0 aliphatic rings. The second kappa shape index (κ2) is 7.92. The number of aromatic hydroxyl groups is 1. The lowest BCUT2D eigenvalue weighted by atomic mass is 10.1. The zero-order valence-corrected chi connectivity index (χ0v) is 12.9.